The van der Waals surface area contributed by atoms with Gasteiger partial charge in [0.05, 0.1) is 23.7 Å². The Morgan fingerprint density at radius 2 is 1.90 bits per heavy atom. The second-order valence-corrected chi connectivity index (χ2v) is 8.26. The third-order valence-electron chi connectivity index (χ3n) is 5.69. The zero-order chi connectivity index (χ0) is 28.4. The fourth-order valence-electron chi connectivity index (χ4n) is 3.73. The minimum Gasteiger partial charge on any atom is -0.432 e. The zero-order valence-electron chi connectivity index (χ0n) is 20.9. The van der Waals surface area contributed by atoms with Crippen molar-refractivity contribution >= 4 is 41.5 Å². The number of hydrogen-bond acceptors (Lipinski definition) is 11. The number of imide groups is 1. The van der Waals surface area contributed by atoms with E-state index in [1.54, 1.807) is 12.1 Å². The maximum atomic E-state index is 13.2. The van der Waals surface area contributed by atoms with Crippen LogP contribution in [0.15, 0.2) is 42.5 Å². The molecule has 1 unspecified atom stereocenters. The Hall–Kier alpha value is -4.85. The van der Waals surface area contributed by atoms with Crippen molar-refractivity contribution in [1.82, 2.24) is 10.2 Å². The van der Waals surface area contributed by atoms with Gasteiger partial charge in [0.25, 0.3) is 11.6 Å². The molecule has 14 heteroatoms. The van der Waals surface area contributed by atoms with Gasteiger partial charge < -0.3 is 24.4 Å². The minimum atomic E-state index is -1.00. The zero-order valence-corrected chi connectivity index (χ0v) is 20.9. The molecule has 2 aromatic carbocycles. The van der Waals surface area contributed by atoms with Gasteiger partial charge in [-0.2, -0.15) is 0 Å². The number of nitrogens with zero attached hydrogens (tertiary/aromatic N) is 2. The van der Waals surface area contributed by atoms with E-state index in [1.807, 2.05) is 0 Å². The standard InChI is InChI=1S/C25H26N4O10/c1-28(20-9-10-21(31)27-23(20)32)24(33)22-16(15-30)3-2-4-19(22)26-11-12-37-13-14-38-25(34)39-18-7-5-17(6-8-18)29(35)36/h2-8,15,20,26H,9-14H2,1H3,(H,27,31,32). The summed E-state index contributed by atoms with van der Waals surface area (Å²) in [6.07, 6.45) is -0.180. The van der Waals surface area contributed by atoms with Crippen molar-refractivity contribution in [2.45, 2.75) is 18.9 Å². The van der Waals surface area contributed by atoms with Gasteiger partial charge in [-0.1, -0.05) is 12.1 Å². The molecule has 1 atom stereocenters. The molecule has 0 aromatic heterocycles. The van der Waals surface area contributed by atoms with E-state index in [0.717, 1.165) is 0 Å². The van der Waals surface area contributed by atoms with E-state index in [9.17, 15) is 34.1 Å². The van der Waals surface area contributed by atoms with E-state index >= 15 is 0 Å². The first-order valence-corrected chi connectivity index (χ1v) is 11.8. The molecule has 2 N–H and O–H groups in total. The van der Waals surface area contributed by atoms with Gasteiger partial charge in [0, 0.05) is 43.4 Å². The lowest BCUT2D eigenvalue weighted by atomic mass is 10.0. The Morgan fingerprint density at radius 3 is 2.56 bits per heavy atom. The molecule has 1 saturated heterocycles. The molecule has 0 saturated carbocycles. The van der Waals surface area contributed by atoms with Gasteiger partial charge in [-0.15, -0.1) is 0 Å². The SMILES string of the molecule is CN(C(=O)c1c(C=O)cccc1NCCOCCOC(=O)Oc1ccc([N+](=O)[O-])cc1)C1CCC(=O)NC1=O. The van der Waals surface area contributed by atoms with Crippen LogP contribution < -0.4 is 15.4 Å². The first kappa shape index (κ1) is 28.7. The van der Waals surface area contributed by atoms with Gasteiger partial charge in [0.1, 0.15) is 18.4 Å². The number of rotatable bonds is 12. The predicted octanol–water partition coefficient (Wildman–Crippen LogP) is 1.93. The number of aldehydes is 1. The highest BCUT2D eigenvalue weighted by Crippen LogP contribution is 2.23. The van der Waals surface area contributed by atoms with Crippen LogP contribution >= 0.6 is 0 Å². The number of carbonyl (C=O) groups is 5. The highest BCUT2D eigenvalue weighted by Gasteiger charge is 2.34. The van der Waals surface area contributed by atoms with Crippen LogP contribution in [0.25, 0.3) is 0 Å². The topological polar surface area (TPSA) is 183 Å². The molecule has 0 aliphatic carbocycles. The third-order valence-corrected chi connectivity index (χ3v) is 5.69. The van der Waals surface area contributed by atoms with Crippen molar-refractivity contribution in [2.75, 3.05) is 38.7 Å². The van der Waals surface area contributed by atoms with Crippen LogP contribution in [0.2, 0.25) is 0 Å². The number of likely N-dealkylation sites (N-methyl/N-ethyl adjacent to an activating group) is 1. The second kappa shape index (κ2) is 13.6. The number of nitro groups is 1. The number of nitro benzene ring substituents is 1. The highest BCUT2D eigenvalue weighted by molar-refractivity contribution is 6.08. The number of amides is 3. The van der Waals surface area contributed by atoms with E-state index in [-0.39, 0.29) is 61.8 Å². The number of benzene rings is 2. The molecular weight excluding hydrogens is 516 g/mol. The molecule has 206 valence electrons. The number of non-ortho nitro benzene ring substituents is 1. The first-order chi connectivity index (χ1) is 18.7. The summed E-state index contributed by atoms with van der Waals surface area (Å²) in [7, 11) is 1.43. The average molecular weight is 543 g/mol. The molecule has 1 aliphatic heterocycles. The molecule has 3 rings (SSSR count). The number of nitrogens with one attached hydrogen (secondary N) is 2. The van der Waals surface area contributed by atoms with Crippen LogP contribution in [0.3, 0.4) is 0 Å². The molecule has 14 nitrogen and oxygen atoms in total. The van der Waals surface area contributed by atoms with E-state index in [2.05, 4.69) is 10.6 Å². The van der Waals surface area contributed by atoms with Crippen LogP contribution in [-0.2, 0) is 19.1 Å². The number of carbonyl (C=O) groups excluding carboxylic acids is 5. The normalized spacial score (nSPS) is 14.6. The second-order valence-electron chi connectivity index (χ2n) is 8.26. The van der Waals surface area contributed by atoms with Crippen molar-refractivity contribution in [1.29, 1.82) is 0 Å². The van der Waals surface area contributed by atoms with E-state index in [0.29, 0.717) is 12.0 Å². The van der Waals surface area contributed by atoms with E-state index in [1.165, 1.54) is 42.3 Å². The third kappa shape index (κ3) is 7.82. The molecule has 3 amide bonds. The lowest BCUT2D eigenvalue weighted by Gasteiger charge is -2.30. The van der Waals surface area contributed by atoms with Gasteiger partial charge in [-0.3, -0.25) is 34.6 Å². The predicted molar refractivity (Wildman–Crippen MR) is 134 cm³/mol. The molecular formula is C25H26N4O10. The van der Waals surface area contributed by atoms with Crippen LogP contribution in [0.1, 0.15) is 33.6 Å². The van der Waals surface area contributed by atoms with Crippen LogP contribution in [0.5, 0.6) is 5.75 Å². The quantitative estimate of drug-likeness (QED) is 0.0760. The van der Waals surface area contributed by atoms with Gasteiger partial charge >= 0.3 is 6.16 Å². The molecule has 0 spiro atoms. The maximum absolute atomic E-state index is 13.2. The van der Waals surface area contributed by atoms with Crippen molar-refractivity contribution in [3.8, 4) is 5.75 Å². The summed E-state index contributed by atoms with van der Waals surface area (Å²) in [4.78, 5) is 71.5. The molecule has 0 radical (unpaired) electrons. The summed E-state index contributed by atoms with van der Waals surface area (Å²) in [5, 5.41) is 15.9. The maximum Gasteiger partial charge on any atom is 0.513 e. The summed E-state index contributed by atoms with van der Waals surface area (Å²) < 4.78 is 15.2. The van der Waals surface area contributed by atoms with Crippen LogP contribution in [-0.4, -0.2) is 79.4 Å². The van der Waals surface area contributed by atoms with Crippen LogP contribution in [0, 0.1) is 10.1 Å². The average Bonchev–Trinajstić information content (AvgIpc) is 2.91. The van der Waals surface area contributed by atoms with Gasteiger partial charge in [0.2, 0.25) is 11.8 Å². The fraction of sp³-hybridized carbons (Fsp3) is 0.320. The molecule has 0 bridgehead atoms. The van der Waals surface area contributed by atoms with Crippen molar-refractivity contribution in [3.63, 3.8) is 0 Å². The Balaban J connectivity index is 1.45. The van der Waals surface area contributed by atoms with Gasteiger partial charge in [0.15, 0.2) is 6.29 Å². The summed E-state index contributed by atoms with van der Waals surface area (Å²) in [6.45, 7) is 0.309. The Labute approximate surface area is 222 Å². The highest BCUT2D eigenvalue weighted by atomic mass is 16.7. The summed E-state index contributed by atoms with van der Waals surface area (Å²) in [5.41, 5.74) is 0.422. The number of hydrogen-bond donors (Lipinski definition) is 2. The number of piperidine rings is 1. The fourth-order valence-corrected chi connectivity index (χ4v) is 3.73. The van der Waals surface area contributed by atoms with Gasteiger partial charge in [-0.05, 0) is 24.6 Å². The molecule has 39 heavy (non-hydrogen) atoms. The van der Waals surface area contributed by atoms with E-state index < -0.39 is 34.8 Å². The minimum absolute atomic E-state index is 0.0372. The van der Waals surface area contributed by atoms with Crippen molar-refractivity contribution in [3.05, 3.63) is 63.7 Å². The summed E-state index contributed by atoms with van der Waals surface area (Å²) in [6, 6.07) is 8.75. The Morgan fingerprint density at radius 1 is 1.15 bits per heavy atom. The summed E-state index contributed by atoms with van der Waals surface area (Å²) in [5.74, 6) is -1.45. The lowest BCUT2D eigenvalue weighted by Crippen LogP contribution is -2.53. The van der Waals surface area contributed by atoms with E-state index in [4.69, 9.17) is 14.2 Å². The molecule has 1 heterocycles. The first-order valence-electron chi connectivity index (χ1n) is 11.8. The Bertz CT molecular complexity index is 1250. The van der Waals surface area contributed by atoms with Gasteiger partial charge in [-0.25, -0.2) is 4.79 Å². The molecule has 2 aromatic rings. The molecule has 1 fully saturated rings. The van der Waals surface area contributed by atoms with Crippen LogP contribution in [0.4, 0.5) is 16.2 Å². The largest absolute Gasteiger partial charge is 0.513 e. The molecule has 1 aliphatic rings. The smallest absolute Gasteiger partial charge is 0.432 e. The van der Waals surface area contributed by atoms with Crippen molar-refractivity contribution < 1.29 is 43.1 Å². The number of anilines is 1. The number of ether oxygens (including phenoxy) is 3. The summed E-state index contributed by atoms with van der Waals surface area (Å²) >= 11 is 0. The van der Waals surface area contributed by atoms with Crippen molar-refractivity contribution in [2.24, 2.45) is 0 Å². The Kier molecular flexibility index (Phi) is 10.0. The monoisotopic (exact) mass is 542 g/mol. The lowest BCUT2D eigenvalue weighted by molar-refractivity contribution is -0.384.